The summed E-state index contributed by atoms with van der Waals surface area (Å²) in [5.74, 6) is 0. The Morgan fingerprint density at radius 2 is 0.915 bits per heavy atom. The third kappa shape index (κ3) is 6.73. The topological polar surface area (TPSA) is 19.6 Å². The van der Waals surface area contributed by atoms with Crippen molar-refractivity contribution >= 4 is 79.2 Å². The van der Waals surface area contributed by atoms with E-state index in [9.17, 15) is 0 Å². The molecule has 71 heavy (non-hydrogen) atoms. The van der Waals surface area contributed by atoms with E-state index >= 15 is 0 Å². The quantitative estimate of drug-likeness (QED) is 0.161. The Kier molecular flexibility index (Phi) is 9.43. The molecule has 0 fully saturated rings. The lowest BCUT2D eigenvalue weighted by Crippen LogP contribution is -2.62. The second-order valence-corrected chi connectivity index (χ2v) is 29.1. The minimum Gasteiger partial charge on any atom is -0.456 e. The lowest BCUT2D eigenvalue weighted by Gasteiger charge is -2.48. The van der Waals surface area contributed by atoms with Gasteiger partial charge in [0.05, 0.1) is 11.1 Å². The van der Waals surface area contributed by atoms with Crippen LogP contribution in [0.5, 0.6) is 0 Å². The van der Waals surface area contributed by atoms with Crippen molar-refractivity contribution < 1.29 is 4.42 Å². The van der Waals surface area contributed by atoms with E-state index < -0.39 is 0 Å². The highest BCUT2D eigenvalue weighted by Gasteiger charge is 2.50. The van der Waals surface area contributed by atoms with Gasteiger partial charge in [0.1, 0.15) is 11.2 Å². The molecule has 0 unspecified atom stereocenters. The molecule has 7 aromatic rings. The smallest absolute Gasteiger partial charge is 0.252 e. The van der Waals surface area contributed by atoms with Gasteiger partial charge in [-0.25, -0.2) is 0 Å². The molecule has 0 saturated heterocycles. The summed E-state index contributed by atoms with van der Waals surface area (Å²) in [4.78, 5) is 5.44. The van der Waals surface area contributed by atoms with Gasteiger partial charge in [0, 0.05) is 33.8 Å². The molecule has 2 aliphatic heterocycles. The van der Waals surface area contributed by atoms with E-state index in [0.717, 1.165) is 17.6 Å². The molecule has 0 radical (unpaired) electrons. The number of benzene rings is 6. The fourth-order valence-corrected chi connectivity index (χ4v) is 14.7. The van der Waals surface area contributed by atoms with E-state index in [-0.39, 0.29) is 50.0 Å². The van der Waals surface area contributed by atoms with Gasteiger partial charge in [0.25, 0.3) is 6.71 Å². The Morgan fingerprint density at radius 3 is 1.49 bits per heavy atom. The average Bonchev–Trinajstić information content (AvgIpc) is 3.74. The van der Waals surface area contributed by atoms with Gasteiger partial charge in [0.15, 0.2) is 0 Å². The molecule has 0 atom stereocenters. The molecule has 12 rings (SSSR count). The third-order valence-electron chi connectivity index (χ3n) is 19.1. The molecule has 3 nitrogen and oxygen atoms in total. The van der Waals surface area contributed by atoms with E-state index in [1.54, 1.807) is 0 Å². The van der Waals surface area contributed by atoms with Crippen molar-refractivity contribution in [2.45, 2.75) is 200 Å². The SMILES string of the molecule is CC(C)(C)c1cc2c3c(c1)N(c1cccc4oc5cc(C(C)(C)C)ccc5c14)c1cc4c(cc1B3c1cc3c(cc1N2c1ccc2c(c1)C(C)(C)CCC2(C)C)C(C)(C)CCC3(C)C)C(C)(C)CC4(C)C. The van der Waals surface area contributed by atoms with Crippen LogP contribution in [-0.4, -0.2) is 6.71 Å². The molecule has 366 valence electrons. The van der Waals surface area contributed by atoms with Gasteiger partial charge in [-0.05, 0) is 191 Å². The lowest BCUT2D eigenvalue weighted by atomic mass is 9.32. The molecular weight excluding hydrogens is 860 g/mol. The predicted molar refractivity (Wildman–Crippen MR) is 306 cm³/mol. The summed E-state index contributed by atoms with van der Waals surface area (Å²) in [6, 6.07) is 37.3. The molecule has 0 bridgehead atoms. The van der Waals surface area contributed by atoms with Crippen LogP contribution in [0.2, 0.25) is 0 Å². The first kappa shape index (κ1) is 46.8. The van der Waals surface area contributed by atoms with E-state index in [2.05, 4.69) is 225 Å². The molecule has 0 saturated carbocycles. The van der Waals surface area contributed by atoms with Crippen molar-refractivity contribution in [3.8, 4) is 0 Å². The van der Waals surface area contributed by atoms with Crippen LogP contribution in [0.1, 0.15) is 201 Å². The lowest BCUT2D eigenvalue weighted by molar-refractivity contribution is 0.332. The van der Waals surface area contributed by atoms with Crippen molar-refractivity contribution in [2.24, 2.45) is 0 Å². The summed E-state index contributed by atoms with van der Waals surface area (Å²) >= 11 is 0. The molecule has 3 heterocycles. The van der Waals surface area contributed by atoms with Crippen LogP contribution in [0.3, 0.4) is 0 Å². The number of furan rings is 1. The average molecular weight is 939 g/mol. The second kappa shape index (κ2) is 14.3. The molecule has 0 N–H and O–H groups in total. The summed E-state index contributed by atoms with van der Waals surface area (Å²) in [6.07, 6.45) is 5.83. The van der Waals surface area contributed by atoms with Crippen LogP contribution in [-0.2, 0) is 43.3 Å². The van der Waals surface area contributed by atoms with Crippen molar-refractivity contribution in [3.05, 3.63) is 136 Å². The summed E-state index contributed by atoms with van der Waals surface area (Å²) in [6.45, 7) is 43.9. The van der Waals surface area contributed by atoms with E-state index in [1.165, 1.54) is 131 Å². The highest BCUT2D eigenvalue weighted by Crippen LogP contribution is 2.56. The van der Waals surface area contributed by atoms with Crippen LogP contribution in [0.15, 0.2) is 95.4 Å². The maximum Gasteiger partial charge on any atom is 0.252 e. The summed E-state index contributed by atoms with van der Waals surface area (Å²) in [7, 11) is 0. The predicted octanol–water partition coefficient (Wildman–Crippen LogP) is 16.9. The van der Waals surface area contributed by atoms with Gasteiger partial charge in [-0.3, -0.25) is 0 Å². The van der Waals surface area contributed by atoms with Gasteiger partial charge in [-0.15, -0.1) is 0 Å². The fraction of sp³-hybridized carbons (Fsp3) is 0.463. The van der Waals surface area contributed by atoms with E-state index in [0.29, 0.717) is 0 Å². The minimum absolute atomic E-state index is 0.000618. The monoisotopic (exact) mass is 939 g/mol. The number of hydrogen-bond donors (Lipinski definition) is 0. The van der Waals surface area contributed by atoms with Crippen LogP contribution in [0.25, 0.3) is 21.9 Å². The highest BCUT2D eigenvalue weighted by atomic mass is 16.3. The Labute approximate surface area is 426 Å². The summed E-state index contributed by atoms with van der Waals surface area (Å²) in [5.41, 5.74) is 25.6. The first-order chi connectivity index (χ1) is 32.9. The Bertz CT molecular complexity index is 3450. The molecule has 4 heteroatoms. The zero-order chi connectivity index (χ0) is 50.7. The number of anilines is 6. The normalized spacial score (nSPS) is 20.6. The molecule has 0 amide bonds. The number of nitrogens with zero attached hydrogens (tertiary/aromatic N) is 2. The zero-order valence-corrected chi connectivity index (χ0v) is 46.6. The fourth-order valence-electron chi connectivity index (χ4n) is 14.7. The van der Waals surface area contributed by atoms with Gasteiger partial charge in [0.2, 0.25) is 0 Å². The van der Waals surface area contributed by atoms with Crippen molar-refractivity contribution in [1.82, 2.24) is 0 Å². The van der Waals surface area contributed by atoms with Crippen LogP contribution in [0, 0.1) is 0 Å². The first-order valence-electron chi connectivity index (χ1n) is 27.2. The highest BCUT2D eigenvalue weighted by molar-refractivity contribution is 7.00. The summed E-state index contributed by atoms with van der Waals surface area (Å²) < 4.78 is 6.94. The van der Waals surface area contributed by atoms with E-state index in [1.807, 2.05) is 0 Å². The van der Waals surface area contributed by atoms with Crippen molar-refractivity contribution in [2.75, 3.05) is 9.80 Å². The molecule has 5 aliphatic rings. The molecule has 3 aliphatic carbocycles. The molecular formula is C67H79BN2O. The van der Waals surface area contributed by atoms with Crippen LogP contribution >= 0.6 is 0 Å². The molecule has 0 spiro atoms. The third-order valence-corrected chi connectivity index (χ3v) is 19.1. The zero-order valence-electron chi connectivity index (χ0n) is 46.6. The van der Waals surface area contributed by atoms with Crippen molar-refractivity contribution in [3.63, 3.8) is 0 Å². The van der Waals surface area contributed by atoms with Crippen LogP contribution < -0.4 is 26.2 Å². The standard InChI is InChI=1S/C67H79BN2O/c1-60(2,3)39-22-24-42-57(32-39)71-56-21-19-20-51(58(42)56)70-53-37-48-46(66(15,16)38-67(48,17)18)35-50(53)68-49-34-45-47(65(13,14)29-28-64(45,11)12)36-52(49)69(54-30-40(61(4,5)6)31-55(70)59(54)68)41-23-25-43-44(33-41)63(9,10)27-26-62(43,7)8/h19-25,30-37H,26-29,38H2,1-18H3. The van der Waals surface area contributed by atoms with Crippen LogP contribution in [0.4, 0.5) is 34.1 Å². The van der Waals surface area contributed by atoms with Gasteiger partial charge < -0.3 is 14.2 Å². The maximum atomic E-state index is 6.94. The number of rotatable bonds is 2. The van der Waals surface area contributed by atoms with Gasteiger partial charge in [-0.1, -0.05) is 161 Å². The van der Waals surface area contributed by atoms with Crippen molar-refractivity contribution in [1.29, 1.82) is 0 Å². The Hall–Kier alpha value is -5.22. The first-order valence-corrected chi connectivity index (χ1v) is 27.2. The maximum absolute atomic E-state index is 6.94. The second-order valence-electron chi connectivity index (χ2n) is 29.1. The van der Waals surface area contributed by atoms with Gasteiger partial charge in [-0.2, -0.15) is 0 Å². The number of fused-ring (bicyclic) bond motifs is 10. The largest absolute Gasteiger partial charge is 0.456 e. The Morgan fingerprint density at radius 1 is 0.423 bits per heavy atom. The minimum atomic E-state index is -0.135. The number of hydrogen-bond acceptors (Lipinski definition) is 3. The molecule has 6 aromatic carbocycles. The van der Waals surface area contributed by atoms with Gasteiger partial charge >= 0.3 is 0 Å². The van der Waals surface area contributed by atoms with E-state index in [4.69, 9.17) is 4.42 Å². The molecule has 1 aromatic heterocycles. The summed E-state index contributed by atoms with van der Waals surface area (Å²) in [5, 5.41) is 2.34. The Balaban J connectivity index is 1.25.